The van der Waals surface area contributed by atoms with Gasteiger partial charge in [-0.25, -0.2) is 13.1 Å². The van der Waals surface area contributed by atoms with Crippen LogP contribution in [0.3, 0.4) is 0 Å². The van der Waals surface area contributed by atoms with Gasteiger partial charge in [-0.2, -0.15) is 0 Å². The number of sulfonamides is 1. The van der Waals surface area contributed by atoms with Crippen molar-refractivity contribution in [2.45, 2.75) is 31.3 Å². The molecule has 1 aliphatic rings. The fourth-order valence-corrected chi connectivity index (χ4v) is 5.00. The van der Waals surface area contributed by atoms with Crippen molar-refractivity contribution in [2.75, 3.05) is 18.0 Å². The summed E-state index contributed by atoms with van der Waals surface area (Å²) in [5, 5.41) is 2.87. The molecule has 4 rings (SSSR count). The molecule has 0 saturated heterocycles. The molecule has 0 spiro atoms. The van der Waals surface area contributed by atoms with Gasteiger partial charge in [0.2, 0.25) is 10.0 Å². The Labute approximate surface area is 189 Å². The molecule has 0 aromatic heterocycles. The molecule has 0 unspecified atom stereocenters. The highest BCUT2D eigenvalue weighted by atomic mass is 32.2. The molecular weight excluding hydrogens is 422 g/mol. The molecule has 1 amide bonds. The van der Waals surface area contributed by atoms with E-state index in [9.17, 15) is 13.2 Å². The summed E-state index contributed by atoms with van der Waals surface area (Å²) in [6, 6.07) is 22.8. The van der Waals surface area contributed by atoms with Gasteiger partial charge in [0.05, 0.1) is 4.90 Å². The van der Waals surface area contributed by atoms with E-state index in [1.165, 1.54) is 28.9 Å². The van der Waals surface area contributed by atoms with Crippen LogP contribution < -0.4 is 14.9 Å². The topological polar surface area (TPSA) is 78.5 Å². The molecule has 3 aromatic rings. The molecule has 0 bridgehead atoms. The van der Waals surface area contributed by atoms with E-state index in [-0.39, 0.29) is 10.8 Å². The number of anilines is 1. The molecule has 3 aromatic carbocycles. The summed E-state index contributed by atoms with van der Waals surface area (Å²) in [5.41, 5.74) is 5.23. The van der Waals surface area contributed by atoms with E-state index >= 15 is 0 Å². The van der Waals surface area contributed by atoms with Crippen LogP contribution in [0.2, 0.25) is 0 Å². The van der Waals surface area contributed by atoms with Crippen LogP contribution in [0.25, 0.3) is 0 Å². The van der Waals surface area contributed by atoms with Crippen molar-refractivity contribution in [3.63, 3.8) is 0 Å². The number of carbonyl (C=O) groups excluding carboxylic acids is 1. The number of carbonyl (C=O) groups is 1. The van der Waals surface area contributed by atoms with Crippen LogP contribution in [0, 0.1) is 0 Å². The first-order valence-electron chi connectivity index (χ1n) is 10.7. The number of benzene rings is 3. The van der Waals surface area contributed by atoms with Gasteiger partial charge < -0.3 is 10.2 Å². The number of hydrogen-bond acceptors (Lipinski definition) is 4. The molecule has 1 heterocycles. The Bertz CT molecular complexity index is 1210. The molecule has 0 saturated carbocycles. The van der Waals surface area contributed by atoms with Crippen LogP contribution in [0.15, 0.2) is 77.7 Å². The second-order valence-electron chi connectivity index (χ2n) is 7.83. The lowest BCUT2D eigenvalue weighted by Gasteiger charge is -2.19. The molecule has 32 heavy (non-hydrogen) atoms. The summed E-state index contributed by atoms with van der Waals surface area (Å²) in [6.07, 6.45) is 1.08. The summed E-state index contributed by atoms with van der Waals surface area (Å²) in [4.78, 5) is 15.0. The van der Waals surface area contributed by atoms with Crippen LogP contribution >= 0.6 is 0 Å². The number of amides is 1. The van der Waals surface area contributed by atoms with Gasteiger partial charge >= 0.3 is 0 Å². The molecular formula is C25H27N3O3S. The maximum atomic E-state index is 12.5. The first kappa shape index (κ1) is 22.0. The monoisotopic (exact) mass is 449 g/mol. The minimum absolute atomic E-state index is 0.0832. The normalized spacial score (nSPS) is 13.1. The summed E-state index contributed by atoms with van der Waals surface area (Å²) < 4.78 is 26.8. The van der Waals surface area contributed by atoms with E-state index in [0.29, 0.717) is 18.7 Å². The van der Waals surface area contributed by atoms with Crippen molar-refractivity contribution in [2.24, 2.45) is 0 Å². The average molecular weight is 450 g/mol. The zero-order chi connectivity index (χ0) is 22.6. The largest absolute Gasteiger partial charge is 0.367 e. The Morgan fingerprint density at radius 3 is 2.50 bits per heavy atom. The predicted molar refractivity (Wildman–Crippen MR) is 126 cm³/mol. The van der Waals surface area contributed by atoms with Gasteiger partial charge in [-0.05, 0) is 47.4 Å². The summed E-state index contributed by atoms with van der Waals surface area (Å²) in [6.45, 7) is 4.26. The van der Waals surface area contributed by atoms with Gasteiger partial charge in [0.1, 0.15) is 0 Å². The van der Waals surface area contributed by atoms with Gasteiger partial charge in [0, 0.05) is 37.4 Å². The van der Waals surface area contributed by atoms with E-state index < -0.39 is 10.0 Å². The molecule has 2 N–H and O–H groups in total. The second kappa shape index (κ2) is 9.54. The Morgan fingerprint density at radius 1 is 0.969 bits per heavy atom. The maximum absolute atomic E-state index is 12.5. The summed E-state index contributed by atoms with van der Waals surface area (Å²) in [5.74, 6) is -0.309. The molecule has 0 aliphatic carbocycles. The van der Waals surface area contributed by atoms with Crippen molar-refractivity contribution < 1.29 is 13.2 Å². The predicted octanol–water partition coefficient (Wildman–Crippen LogP) is 3.48. The van der Waals surface area contributed by atoms with Gasteiger partial charge in [0.25, 0.3) is 5.91 Å². The van der Waals surface area contributed by atoms with E-state index in [1.807, 2.05) is 12.1 Å². The summed E-state index contributed by atoms with van der Waals surface area (Å²) in [7, 11) is -3.60. The Hall–Kier alpha value is -3.16. The number of nitrogens with one attached hydrogen (secondary N) is 2. The van der Waals surface area contributed by atoms with E-state index in [2.05, 4.69) is 51.3 Å². The summed E-state index contributed by atoms with van der Waals surface area (Å²) >= 11 is 0. The lowest BCUT2D eigenvalue weighted by molar-refractivity contribution is 0.0950. The zero-order valence-electron chi connectivity index (χ0n) is 18.0. The Balaban J connectivity index is 1.35. The van der Waals surface area contributed by atoms with Crippen LogP contribution in [0.5, 0.6) is 0 Å². The average Bonchev–Trinajstić information content (AvgIpc) is 3.21. The van der Waals surface area contributed by atoms with E-state index in [1.54, 1.807) is 19.1 Å². The molecule has 1 aliphatic heterocycles. The fraction of sp³-hybridized carbons (Fsp3) is 0.240. The minimum atomic E-state index is -3.60. The number of rotatable bonds is 8. The van der Waals surface area contributed by atoms with Crippen molar-refractivity contribution in [1.82, 2.24) is 10.0 Å². The molecule has 0 radical (unpaired) electrons. The number of hydrogen-bond donors (Lipinski definition) is 2. The molecule has 166 valence electrons. The molecule has 7 heteroatoms. The number of nitrogens with zero attached hydrogens (tertiary/aromatic N) is 1. The van der Waals surface area contributed by atoms with Crippen LogP contribution in [0.4, 0.5) is 5.69 Å². The Morgan fingerprint density at radius 2 is 1.72 bits per heavy atom. The molecule has 6 nitrogen and oxygen atoms in total. The van der Waals surface area contributed by atoms with Crippen molar-refractivity contribution >= 4 is 21.6 Å². The SMILES string of the molecule is CCNS(=O)(=O)c1cccc(C(=O)NCc2ccc(CN3CCc4ccccc43)cc2)c1. The highest BCUT2D eigenvalue weighted by Gasteiger charge is 2.18. The van der Waals surface area contributed by atoms with Crippen LogP contribution in [0.1, 0.15) is 34.0 Å². The van der Waals surface area contributed by atoms with E-state index in [0.717, 1.165) is 25.1 Å². The van der Waals surface area contributed by atoms with Gasteiger partial charge in [0.15, 0.2) is 0 Å². The first-order chi connectivity index (χ1) is 15.5. The van der Waals surface area contributed by atoms with Crippen LogP contribution in [-0.4, -0.2) is 27.4 Å². The third-order valence-corrected chi connectivity index (χ3v) is 7.12. The second-order valence-corrected chi connectivity index (χ2v) is 9.60. The Kier molecular flexibility index (Phi) is 6.58. The molecule has 0 fully saturated rings. The number of para-hydroxylation sites is 1. The third kappa shape index (κ3) is 5.00. The zero-order valence-corrected chi connectivity index (χ0v) is 18.9. The van der Waals surface area contributed by atoms with Gasteiger partial charge in [-0.1, -0.05) is 55.5 Å². The lowest BCUT2D eigenvalue weighted by Crippen LogP contribution is -2.25. The van der Waals surface area contributed by atoms with Crippen molar-refractivity contribution in [3.05, 3.63) is 95.1 Å². The van der Waals surface area contributed by atoms with E-state index in [4.69, 9.17) is 0 Å². The highest BCUT2D eigenvalue weighted by molar-refractivity contribution is 7.89. The number of fused-ring (bicyclic) bond motifs is 1. The van der Waals surface area contributed by atoms with Gasteiger partial charge in [-0.15, -0.1) is 0 Å². The third-order valence-electron chi connectivity index (χ3n) is 5.57. The smallest absolute Gasteiger partial charge is 0.251 e. The lowest BCUT2D eigenvalue weighted by atomic mass is 10.1. The fourth-order valence-electron chi connectivity index (χ4n) is 3.92. The first-order valence-corrected chi connectivity index (χ1v) is 12.2. The highest BCUT2D eigenvalue weighted by Crippen LogP contribution is 2.28. The van der Waals surface area contributed by atoms with Crippen molar-refractivity contribution in [3.8, 4) is 0 Å². The standard InChI is InChI=1S/C25H27N3O3S/c1-2-27-32(30,31)23-8-5-7-22(16-23)25(29)26-17-19-10-12-20(13-11-19)18-28-15-14-21-6-3-4-9-24(21)28/h3-13,16,27H,2,14-15,17-18H2,1H3,(H,26,29). The maximum Gasteiger partial charge on any atom is 0.251 e. The van der Waals surface area contributed by atoms with Gasteiger partial charge in [-0.3, -0.25) is 4.79 Å². The quantitative estimate of drug-likeness (QED) is 0.552. The minimum Gasteiger partial charge on any atom is -0.367 e. The molecule has 0 atom stereocenters. The van der Waals surface area contributed by atoms with Crippen LogP contribution in [-0.2, 0) is 29.5 Å². The van der Waals surface area contributed by atoms with Crippen molar-refractivity contribution in [1.29, 1.82) is 0 Å².